The van der Waals surface area contributed by atoms with Crippen molar-refractivity contribution in [3.63, 3.8) is 0 Å². The number of carbonyl (C=O) groups excluding carboxylic acids is 1. The van der Waals surface area contributed by atoms with Crippen molar-refractivity contribution in [2.45, 2.75) is 59.1 Å². The number of ether oxygens (including phenoxy) is 1. The fourth-order valence-corrected chi connectivity index (χ4v) is 8.17. The largest absolute Gasteiger partial charge is 0.377 e. The second-order valence-corrected chi connectivity index (χ2v) is 10.1. The summed E-state index contributed by atoms with van der Waals surface area (Å²) < 4.78 is 32.4. The number of methoxy groups -OCH3 is 1. The Morgan fingerprint density at radius 3 is 2.58 bits per heavy atom. The van der Waals surface area contributed by atoms with Crippen LogP contribution in [-0.2, 0) is 19.6 Å². The molecule has 0 aromatic carbocycles. The molecule has 3 aliphatic rings. The normalized spacial score (nSPS) is 38.5. The van der Waals surface area contributed by atoms with E-state index in [0.29, 0.717) is 5.92 Å². The van der Waals surface area contributed by atoms with E-state index in [1.165, 1.54) is 4.31 Å². The van der Waals surface area contributed by atoms with Crippen LogP contribution < -0.4 is 0 Å². The molecule has 6 heteroatoms. The van der Waals surface area contributed by atoms with Crippen LogP contribution in [0.3, 0.4) is 0 Å². The summed E-state index contributed by atoms with van der Waals surface area (Å²) in [5, 5.41) is 0. The molecule has 0 radical (unpaired) electrons. The fraction of sp³-hybridized carbons (Fsp3) is 0.833. The first-order chi connectivity index (χ1) is 11.1. The highest BCUT2D eigenvalue weighted by atomic mass is 32.2. The summed E-state index contributed by atoms with van der Waals surface area (Å²) >= 11 is 0. The van der Waals surface area contributed by atoms with Gasteiger partial charge in [0.05, 0.1) is 23.8 Å². The van der Waals surface area contributed by atoms with Crippen LogP contribution in [0.1, 0.15) is 47.0 Å². The molecule has 1 heterocycles. The Kier molecular flexibility index (Phi) is 4.15. The minimum Gasteiger partial charge on any atom is -0.377 e. The SMILES string of the molecule is C/C=C/[C@@H](OC)[C@@H](C)C(=O)N1C2CC3CCC2(CS1(=O)=O)C3(C)C. The highest BCUT2D eigenvalue weighted by Crippen LogP contribution is 2.70. The predicted octanol–water partition coefficient (Wildman–Crippen LogP) is 2.58. The van der Waals surface area contributed by atoms with Crippen LogP contribution in [0.2, 0.25) is 0 Å². The van der Waals surface area contributed by atoms with Gasteiger partial charge in [-0.05, 0) is 37.5 Å². The lowest BCUT2D eigenvalue weighted by atomic mass is 9.69. The van der Waals surface area contributed by atoms with Crippen molar-refractivity contribution in [1.29, 1.82) is 0 Å². The lowest BCUT2D eigenvalue weighted by Crippen LogP contribution is -2.47. The molecule has 1 aliphatic heterocycles. The van der Waals surface area contributed by atoms with Crippen molar-refractivity contribution in [1.82, 2.24) is 4.31 Å². The first-order valence-corrected chi connectivity index (χ1v) is 10.4. The molecule has 0 aromatic rings. The van der Waals surface area contributed by atoms with E-state index in [9.17, 15) is 13.2 Å². The molecule has 5 atom stereocenters. The average Bonchev–Trinajstić information content (AvgIpc) is 2.98. The molecule has 2 aliphatic carbocycles. The van der Waals surface area contributed by atoms with E-state index in [-0.39, 0.29) is 28.5 Å². The van der Waals surface area contributed by atoms with E-state index in [1.807, 2.05) is 19.1 Å². The van der Waals surface area contributed by atoms with Crippen LogP contribution in [-0.4, -0.2) is 43.6 Å². The predicted molar refractivity (Wildman–Crippen MR) is 92.8 cm³/mol. The fourth-order valence-electron chi connectivity index (χ4n) is 5.56. The summed E-state index contributed by atoms with van der Waals surface area (Å²) in [7, 11) is -2.01. The zero-order valence-corrected chi connectivity index (χ0v) is 16.1. The van der Waals surface area contributed by atoms with Crippen LogP contribution in [0.5, 0.6) is 0 Å². The van der Waals surface area contributed by atoms with E-state index >= 15 is 0 Å². The summed E-state index contributed by atoms with van der Waals surface area (Å²) in [5.41, 5.74) is -0.290. The second-order valence-electron chi connectivity index (χ2n) is 8.27. The number of hydrogen-bond acceptors (Lipinski definition) is 4. The highest BCUT2D eigenvalue weighted by molar-refractivity contribution is 7.90. The molecular formula is C18H29NO4S. The van der Waals surface area contributed by atoms with Gasteiger partial charge in [0.15, 0.2) is 0 Å². The minimum atomic E-state index is -3.56. The number of sulfonamides is 1. The summed E-state index contributed by atoms with van der Waals surface area (Å²) in [4.78, 5) is 13.1. The summed E-state index contributed by atoms with van der Waals surface area (Å²) in [5.74, 6) is -0.200. The quantitative estimate of drug-likeness (QED) is 0.727. The Balaban J connectivity index is 1.96. The Morgan fingerprint density at radius 1 is 1.38 bits per heavy atom. The topological polar surface area (TPSA) is 63.7 Å². The summed E-state index contributed by atoms with van der Waals surface area (Å²) in [6, 6.07) is -0.172. The van der Waals surface area contributed by atoms with E-state index < -0.39 is 22.0 Å². The monoisotopic (exact) mass is 355 g/mol. The van der Waals surface area contributed by atoms with Gasteiger partial charge in [-0.15, -0.1) is 0 Å². The molecule has 1 amide bonds. The molecule has 136 valence electrons. The molecule has 3 rings (SSSR count). The van der Waals surface area contributed by atoms with Crippen LogP contribution in [0.25, 0.3) is 0 Å². The number of rotatable bonds is 4. The van der Waals surface area contributed by atoms with Gasteiger partial charge in [0.25, 0.3) is 0 Å². The smallest absolute Gasteiger partial charge is 0.242 e. The Morgan fingerprint density at radius 2 is 2.04 bits per heavy atom. The molecule has 0 aromatic heterocycles. The minimum absolute atomic E-state index is 0.0208. The van der Waals surface area contributed by atoms with E-state index in [0.717, 1.165) is 19.3 Å². The van der Waals surface area contributed by atoms with Gasteiger partial charge in [-0.1, -0.05) is 32.9 Å². The zero-order valence-electron chi connectivity index (χ0n) is 15.3. The number of nitrogens with zero attached hydrogens (tertiary/aromatic N) is 1. The van der Waals surface area contributed by atoms with Crippen LogP contribution in [0.15, 0.2) is 12.2 Å². The Bertz CT molecular complexity index is 669. The van der Waals surface area contributed by atoms with Gasteiger partial charge >= 0.3 is 0 Å². The van der Waals surface area contributed by atoms with Crippen LogP contribution >= 0.6 is 0 Å². The van der Waals surface area contributed by atoms with Crippen LogP contribution in [0.4, 0.5) is 0 Å². The highest BCUT2D eigenvalue weighted by Gasteiger charge is 2.72. The number of fused-ring (bicyclic) bond motifs is 1. The van der Waals surface area contributed by atoms with Gasteiger partial charge in [0.2, 0.25) is 15.9 Å². The Labute approximate surface area is 145 Å². The lowest BCUT2D eigenvalue weighted by molar-refractivity contribution is -0.135. The summed E-state index contributed by atoms with van der Waals surface area (Å²) in [6.07, 6.45) is 6.04. The van der Waals surface area contributed by atoms with E-state index in [2.05, 4.69) is 13.8 Å². The Hall–Kier alpha value is -0.880. The lowest BCUT2D eigenvalue weighted by Gasteiger charge is -2.37. The van der Waals surface area contributed by atoms with Crippen molar-refractivity contribution in [3.05, 3.63) is 12.2 Å². The first kappa shape index (κ1) is 17.9. The maximum absolute atomic E-state index is 13.1. The molecule has 2 saturated carbocycles. The van der Waals surface area contributed by atoms with Gasteiger partial charge in [0, 0.05) is 12.5 Å². The molecule has 3 unspecified atom stereocenters. The van der Waals surface area contributed by atoms with Crippen molar-refractivity contribution in [2.24, 2.45) is 22.7 Å². The second kappa shape index (κ2) is 5.56. The van der Waals surface area contributed by atoms with Gasteiger partial charge in [0.1, 0.15) is 0 Å². The van der Waals surface area contributed by atoms with Gasteiger partial charge in [-0.2, -0.15) is 0 Å². The van der Waals surface area contributed by atoms with Gasteiger partial charge in [-0.25, -0.2) is 12.7 Å². The molecule has 0 N–H and O–H groups in total. The molecule has 3 fully saturated rings. The summed E-state index contributed by atoms with van der Waals surface area (Å²) in [6.45, 7) is 8.00. The standard InChI is InChI=1S/C18H29NO4S/c1-6-7-14(23-5)12(2)16(20)19-15-10-13-8-9-18(15,17(13,3)4)11-24(19,21)22/h6-7,12-15H,8-11H2,1-5H3/b7-6+/t12-,13?,14-,15?,18?/m1/s1. The molecule has 2 bridgehead atoms. The molecule has 1 saturated heterocycles. The molecule has 1 spiro atoms. The van der Waals surface area contributed by atoms with Crippen molar-refractivity contribution in [3.8, 4) is 0 Å². The van der Waals surface area contributed by atoms with E-state index in [4.69, 9.17) is 4.74 Å². The number of carbonyl (C=O) groups is 1. The maximum atomic E-state index is 13.1. The maximum Gasteiger partial charge on any atom is 0.242 e. The van der Waals surface area contributed by atoms with Crippen LogP contribution in [0, 0.1) is 22.7 Å². The molecule has 5 nitrogen and oxygen atoms in total. The number of allylic oxidation sites excluding steroid dienone is 1. The van der Waals surface area contributed by atoms with E-state index in [1.54, 1.807) is 14.0 Å². The zero-order chi connectivity index (χ0) is 17.9. The number of amides is 1. The first-order valence-electron chi connectivity index (χ1n) is 8.84. The van der Waals surface area contributed by atoms with Gasteiger partial charge < -0.3 is 4.74 Å². The molecule has 24 heavy (non-hydrogen) atoms. The van der Waals surface area contributed by atoms with Gasteiger partial charge in [-0.3, -0.25) is 4.79 Å². The average molecular weight is 356 g/mol. The molecular weight excluding hydrogens is 326 g/mol. The third kappa shape index (κ3) is 2.15. The van der Waals surface area contributed by atoms with Crippen molar-refractivity contribution >= 4 is 15.9 Å². The third-order valence-corrected chi connectivity index (χ3v) is 9.08. The van der Waals surface area contributed by atoms with Crippen molar-refractivity contribution in [2.75, 3.05) is 12.9 Å². The number of hydrogen-bond donors (Lipinski definition) is 0. The van der Waals surface area contributed by atoms with Crippen molar-refractivity contribution < 1.29 is 17.9 Å². The third-order valence-electron chi connectivity index (χ3n) is 7.16.